The Morgan fingerprint density at radius 2 is 1.58 bits per heavy atom. The molecule has 0 N–H and O–H groups in total. The van der Waals surface area contributed by atoms with Crippen molar-refractivity contribution in [3.63, 3.8) is 0 Å². The second-order valence-corrected chi connectivity index (χ2v) is 5.34. The second kappa shape index (κ2) is 6.20. The lowest BCUT2D eigenvalue weighted by Gasteiger charge is -2.25. The summed E-state index contributed by atoms with van der Waals surface area (Å²) in [5.41, 5.74) is 1.20. The van der Waals surface area contributed by atoms with E-state index in [0.717, 1.165) is 5.56 Å². The van der Waals surface area contributed by atoms with Gasteiger partial charge in [-0.1, -0.05) is 30.3 Å². The van der Waals surface area contributed by atoms with Crippen LogP contribution in [-0.4, -0.2) is 21.3 Å². The molecule has 0 spiro atoms. The predicted molar refractivity (Wildman–Crippen MR) is 94.4 cm³/mol. The molecule has 5 nitrogen and oxygen atoms in total. The molecule has 0 amide bonds. The molecule has 0 bridgehead atoms. The van der Waals surface area contributed by atoms with Crippen LogP contribution in [0.3, 0.4) is 0 Å². The van der Waals surface area contributed by atoms with Crippen LogP contribution in [0, 0.1) is 0 Å². The Labute approximate surface area is 139 Å². The van der Waals surface area contributed by atoms with Gasteiger partial charge in [-0.25, -0.2) is 0 Å². The topological polar surface area (TPSA) is 55.8 Å². The largest absolute Gasteiger partial charge is 0.497 e. The summed E-state index contributed by atoms with van der Waals surface area (Å²) in [5, 5.41) is 0. The molecule has 3 rings (SSSR count). The van der Waals surface area contributed by atoms with E-state index in [1.165, 1.54) is 0 Å². The molecule has 3 aromatic rings. The zero-order chi connectivity index (χ0) is 17.3. The lowest BCUT2D eigenvalue weighted by atomic mass is 9.97. The SMILES string of the molecule is COc1ccc(OC)c(N(C)c2c(-c3ccccc3)c(=O)c2=O)c1. The molecule has 24 heavy (non-hydrogen) atoms. The first-order valence-electron chi connectivity index (χ1n) is 7.43. The third-order valence-electron chi connectivity index (χ3n) is 4.03. The van der Waals surface area contributed by atoms with Gasteiger partial charge in [0.1, 0.15) is 17.2 Å². The molecule has 0 fully saturated rings. The second-order valence-electron chi connectivity index (χ2n) is 5.34. The first-order valence-corrected chi connectivity index (χ1v) is 7.43. The van der Waals surface area contributed by atoms with E-state index in [1.807, 2.05) is 30.3 Å². The highest BCUT2D eigenvalue weighted by atomic mass is 16.5. The van der Waals surface area contributed by atoms with Gasteiger partial charge in [0.25, 0.3) is 5.43 Å². The summed E-state index contributed by atoms with van der Waals surface area (Å²) in [5.74, 6) is 1.22. The standard InChI is InChI=1S/C19H17NO4/c1-20(14-11-13(23-2)9-10-15(14)24-3)17-16(18(21)19(17)22)12-7-5-4-6-8-12/h4-11H,1-3H3. The molecule has 3 aromatic carbocycles. The smallest absolute Gasteiger partial charge is 0.250 e. The Hall–Kier alpha value is -3.08. The normalized spacial score (nSPS) is 10.6. The predicted octanol–water partition coefficient (Wildman–Crippen LogP) is 2.73. The van der Waals surface area contributed by atoms with Crippen molar-refractivity contribution in [1.29, 1.82) is 0 Å². The van der Waals surface area contributed by atoms with E-state index in [-0.39, 0.29) is 0 Å². The summed E-state index contributed by atoms with van der Waals surface area (Å²) in [4.78, 5) is 26.0. The zero-order valence-electron chi connectivity index (χ0n) is 13.7. The molecule has 0 aliphatic carbocycles. The van der Waals surface area contributed by atoms with Crippen molar-refractivity contribution in [3.05, 3.63) is 69.0 Å². The summed E-state index contributed by atoms with van der Waals surface area (Å²) in [6, 6.07) is 14.5. The van der Waals surface area contributed by atoms with E-state index in [4.69, 9.17) is 9.47 Å². The van der Waals surface area contributed by atoms with Gasteiger partial charge >= 0.3 is 0 Å². The molecule has 0 aromatic heterocycles. The quantitative estimate of drug-likeness (QED) is 0.676. The first kappa shape index (κ1) is 15.8. The van der Waals surface area contributed by atoms with Crippen molar-refractivity contribution in [2.75, 3.05) is 26.2 Å². The van der Waals surface area contributed by atoms with Gasteiger partial charge < -0.3 is 14.4 Å². The molecule has 0 atom stereocenters. The maximum Gasteiger partial charge on any atom is 0.250 e. The molecule has 0 heterocycles. The van der Waals surface area contributed by atoms with Crippen molar-refractivity contribution in [3.8, 4) is 22.6 Å². The Bertz CT molecular complexity index is 940. The highest BCUT2D eigenvalue weighted by Crippen LogP contribution is 2.37. The third-order valence-corrected chi connectivity index (χ3v) is 4.03. The fraction of sp³-hybridized carbons (Fsp3) is 0.158. The minimum Gasteiger partial charge on any atom is -0.497 e. The van der Waals surface area contributed by atoms with Crippen LogP contribution >= 0.6 is 0 Å². The molecule has 0 saturated carbocycles. The monoisotopic (exact) mass is 323 g/mol. The summed E-state index contributed by atoms with van der Waals surface area (Å²) in [6.45, 7) is 0. The average molecular weight is 323 g/mol. The summed E-state index contributed by atoms with van der Waals surface area (Å²) >= 11 is 0. The number of anilines is 2. The van der Waals surface area contributed by atoms with E-state index in [2.05, 4.69) is 0 Å². The average Bonchev–Trinajstić information content (AvgIpc) is 2.64. The van der Waals surface area contributed by atoms with Crippen molar-refractivity contribution >= 4 is 11.4 Å². The Morgan fingerprint density at radius 3 is 2.21 bits per heavy atom. The van der Waals surface area contributed by atoms with Gasteiger partial charge in [0.2, 0.25) is 5.43 Å². The number of benzene rings is 2. The van der Waals surface area contributed by atoms with Crippen molar-refractivity contribution in [2.24, 2.45) is 0 Å². The molecule has 0 aliphatic rings. The van der Waals surface area contributed by atoms with Crippen molar-refractivity contribution in [2.45, 2.75) is 0 Å². The lowest BCUT2D eigenvalue weighted by molar-refractivity contribution is 0.404. The molecule has 0 radical (unpaired) electrons. The van der Waals surface area contributed by atoms with Crippen LogP contribution in [0.15, 0.2) is 58.1 Å². The summed E-state index contributed by atoms with van der Waals surface area (Å²) in [7, 11) is 4.86. The van der Waals surface area contributed by atoms with Gasteiger partial charge in [0.05, 0.1) is 25.5 Å². The molecular weight excluding hydrogens is 306 g/mol. The lowest BCUT2D eigenvalue weighted by Crippen LogP contribution is -2.39. The fourth-order valence-electron chi connectivity index (χ4n) is 2.75. The first-order chi connectivity index (χ1) is 11.6. The van der Waals surface area contributed by atoms with Crippen LogP contribution < -0.4 is 25.2 Å². The minimum atomic E-state index is -0.499. The van der Waals surface area contributed by atoms with E-state index in [0.29, 0.717) is 28.4 Å². The fourth-order valence-corrected chi connectivity index (χ4v) is 2.75. The van der Waals surface area contributed by atoms with Crippen LogP contribution in [-0.2, 0) is 0 Å². The maximum absolute atomic E-state index is 12.2. The van der Waals surface area contributed by atoms with Crippen LogP contribution in [0.25, 0.3) is 11.1 Å². The van der Waals surface area contributed by atoms with E-state index < -0.39 is 10.9 Å². The van der Waals surface area contributed by atoms with Gasteiger partial charge in [0, 0.05) is 13.1 Å². The van der Waals surface area contributed by atoms with E-state index >= 15 is 0 Å². The number of methoxy groups -OCH3 is 2. The van der Waals surface area contributed by atoms with Crippen LogP contribution in [0.2, 0.25) is 0 Å². The molecular formula is C19H17NO4. The Balaban J connectivity index is 2.13. The van der Waals surface area contributed by atoms with Crippen LogP contribution in [0.1, 0.15) is 0 Å². The summed E-state index contributed by atoms with van der Waals surface area (Å²) < 4.78 is 10.6. The van der Waals surface area contributed by atoms with Gasteiger partial charge in [-0.3, -0.25) is 9.59 Å². The van der Waals surface area contributed by atoms with Gasteiger partial charge in [-0.2, -0.15) is 0 Å². The molecule has 5 heteroatoms. The summed E-state index contributed by atoms with van der Waals surface area (Å²) in [6.07, 6.45) is 0. The number of hydrogen-bond donors (Lipinski definition) is 0. The van der Waals surface area contributed by atoms with Gasteiger partial charge in [0.15, 0.2) is 0 Å². The highest BCUT2D eigenvalue weighted by Gasteiger charge is 2.27. The Morgan fingerprint density at radius 1 is 0.875 bits per heavy atom. The van der Waals surface area contributed by atoms with Gasteiger partial charge in [-0.05, 0) is 17.7 Å². The maximum atomic E-state index is 12.2. The van der Waals surface area contributed by atoms with Gasteiger partial charge in [-0.15, -0.1) is 0 Å². The molecule has 0 saturated heterocycles. The minimum absolute atomic E-state index is 0.359. The number of rotatable bonds is 5. The third kappa shape index (κ3) is 2.44. The number of hydrogen-bond acceptors (Lipinski definition) is 5. The van der Waals surface area contributed by atoms with Crippen molar-refractivity contribution in [1.82, 2.24) is 0 Å². The van der Waals surface area contributed by atoms with E-state index in [9.17, 15) is 9.59 Å². The zero-order valence-corrected chi connectivity index (χ0v) is 13.7. The van der Waals surface area contributed by atoms with E-state index in [1.54, 1.807) is 44.4 Å². The number of ether oxygens (including phenoxy) is 2. The van der Waals surface area contributed by atoms with Crippen LogP contribution in [0.4, 0.5) is 11.4 Å². The Kier molecular flexibility index (Phi) is 4.08. The molecule has 122 valence electrons. The molecule has 0 unspecified atom stereocenters. The molecule has 0 aliphatic heterocycles. The van der Waals surface area contributed by atoms with Crippen LogP contribution in [0.5, 0.6) is 11.5 Å². The van der Waals surface area contributed by atoms with Crippen molar-refractivity contribution < 1.29 is 9.47 Å². The highest BCUT2D eigenvalue weighted by molar-refractivity contribution is 5.87. The number of nitrogens with zero attached hydrogens (tertiary/aromatic N) is 1.